The minimum absolute atomic E-state index is 2.11. The first-order chi connectivity index (χ1) is 4.34. The molecule has 0 aliphatic heterocycles. The number of nitrogens with two attached hydrogens (primary N) is 1. The van der Waals surface area contributed by atoms with E-state index in [-0.39, 0.29) is 0 Å². The summed E-state index contributed by atoms with van der Waals surface area (Å²) in [6.45, 7) is 0. The lowest BCUT2D eigenvalue weighted by Gasteiger charge is -2.21. The van der Waals surface area contributed by atoms with Gasteiger partial charge in [-0.2, -0.15) is 0 Å². The minimum atomic E-state index is -3.35. The molecule has 0 spiro atoms. The molecule has 0 rings (SSSR count). The molecule has 0 aliphatic rings. The second-order valence-corrected chi connectivity index (χ2v) is 2.01. The van der Waals surface area contributed by atoms with Crippen molar-refractivity contribution < 1.29 is 28.3 Å². The Hall–Kier alpha value is -0.0900. The van der Waals surface area contributed by atoms with E-state index in [1.807, 2.05) is 0 Å². The molecular formula is C2H6NO6S-. The third kappa shape index (κ3) is 3.85. The van der Waals surface area contributed by atoms with Crippen molar-refractivity contribution >= 4 is 11.4 Å². The van der Waals surface area contributed by atoms with Gasteiger partial charge in [-0.3, -0.25) is 9.92 Å². The van der Waals surface area contributed by atoms with Crippen LogP contribution in [0.2, 0.25) is 0 Å². The molecule has 0 amide bonds. The van der Waals surface area contributed by atoms with Gasteiger partial charge in [0.15, 0.2) is 0 Å². The van der Waals surface area contributed by atoms with Crippen LogP contribution in [0.1, 0.15) is 0 Å². The summed E-state index contributed by atoms with van der Waals surface area (Å²) in [5.41, 5.74) is 4.59. The second kappa shape index (κ2) is 3.34. The highest BCUT2D eigenvalue weighted by Crippen LogP contribution is 2.00. The summed E-state index contributed by atoms with van der Waals surface area (Å²) < 4.78 is 22.8. The van der Waals surface area contributed by atoms with E-state index in [1.54, 1.807) is 0 Å². The highest BCUT2D eigenvalue weighted by Gasteiger charge is 2.30. The van der Waals surface area contributed by atoms with Crippen LogP contribution in [0, 0.1) is 0 Å². The summed E-state index contributed by atoms with van der Waals surface area (Å²) in [6, 6.07) is 0. The predicted octanol–water partition coefficient (Wildman–Crippen LogP) is -3.29. The molecule has 7 nitrogen and oxygen atoms in total. The first-order valence-corrected chi connectivity index (χ1v) is 3.03. The maximum Gasteiger partial charge on any atom is 0.318 e. The second-order valence-electron chi connectivity index (χ2n) is 1.41. The Morgan fingerprint density at radius 3 is 2.10 bits per heavy atom. The van der Waals surface area contributed by atoms with Crippen LogP contribution in [-0.4, -0.2) is 36.3 Å². The molecule has 0 heterocycles. The molecule has 0 aromatic carbocycles. The summed E-state index contributed by atoms with van der Waals surface area (Å²) in [5, 5.41) is 24.4. The molecule has 2 atom stereocenters. The summed E-state index contributed by atoms with van der Waals surface area (Å²) in [7, 11) is 0. The van der Waals surface area contributed by atoms with Crippen LogP contribution in [0.25, 0.3) is 0 Å². The highest BCUT2D eigenvalue weighted by molar-refractivity contribution is 7.74. The van der Waals surface area contributed by atoms with Gasteiger partial charge in [0.25, 0.3) is 0 Å². The minimum Gasteiger partial charge on any atom is -0.750 e. The molecule has 5 N–H and O–H groups in total. The highest BCUT2D eigenvalue weighted by atomic mass is 32.2. The van der Waals surface area contributed by atoms with Crippen molar-refractivity contribution in [1.29, 1.82) is 0 Å². The normalized spacial score (nSPS) is 18.5. The lowest BCUT2D eigenvalue weighted by atomic mass is 10.5. The first-order valence-electron chi connectivity index (χ1n) is 2.03. The van der Waals surface area contributed by atoms with Gasteiger partial charge in [0.05, 0.1) is 11.4 Å². The third-order valence-electron chi connectivity index (χ3n) is 0.564. The lowest BCUT2D eigenvalue weighted by Crippen LogP contribution is -2.49. The zero-order chi connectivity index (χ0) is 8.36. The summed E-state index contributed by atoms with van der Waals surface area (Å²) in [6.07, 6.45) is -2.11. The van der Waals surface area contributed by atoms with E-state index in [0.717, 1.165) is 0 Å². The average Bonchev–Trinajstić information content (AvgIpc) is 1.60. The smallest absolute Gasteiger partial charge is 0.318 e. The van der Waals surface area contributed by atoms with Crippen molar-refractivity contribution in [2.75, 3.05) is 0 Å². The summed E-state index contributed by atoms with van der Waals surface area (Å²) >= 11 is -3.00. The molecule has 62 valence electrons. The van der Waals surface area contributed by atoms with Crippen molar-refractivity contribution in [3.05, 3.63) is 0 Å². The van der Waals surface area contributed by atoms with Crippen molar-refractivity contribution in [3.63, 3.8) is 0 Å². The van der Waals surface area contributed by atoms with Crippen LogP contribution in [0.3, 0.4) is 0 Å². The van der Waals surface area contributed by atoms with Gasteiger partial charge in [0, 0.05) is 0 Å². The van der Waals surface area contributed by atoms with Crippen molar-refractivity contribution in [1.82, 2.24) is 0 Å². The van der Waals surface area contributed by atoms with E-state index in [4.69, 9.17) is 15.3 Å². The molecule has 0 fully saturated rings. The third-order valence-corrected chi connectivity index (χ3v) is 0.928. The summed E-state index contributed by atoms with van der Waals surface area (Å²) in [4.78, 5) is 0. The Balaban J connectivity index is 3.85. The van der Waals surface area contributed by atoms with Crippen LogP contribution in [0.15, 0.2) is 0 Å². The Morgan fingerprint density at radius 2 is 2.00 bits per heavy atom. The summed E-state index contributed by atoms with van der Waals surface area (Å²) in [5.74, 6) is -3.35. The van der Waals surface area contributed by atoms with E-state index >= 15 is 0 Å². The lowest BCUT2D eigenvalue weighted by molar-refractivity contribution is -0.348. The number of hydrogen-bond donors (Lipinski definition) is 4. The van der Waals surface area contributed by atoms with Crippen LogP contribution in [0.4, 0.5) is 0 Å². The molecule has 0 radical (unpaired) electrons. The monoisotopic (exact) mass is 172 g/mol. The topological polar surface area (TPSA) is 136 Å². The quantitative estimate of drug-likeness (QED) is 0.258. The molecule has 10 heavy (non-hydrogen) atoms. The van der Waals surface area contributed by atoms with E-state index in [2.05, 4.69) is 9.92 Å². The van der Waals surface area contributed by atoms with E-state index in [0.29, 0.717) is 0 Å². The van der Waals surface area contributed by atoms with E-state index in [1.165, 1.54) is 0 Å². The molecule has 0 aromatic heterocycles. The van der Waals surface area contributed by atoms with Crippen LogP contribution in [0.5, 0.6) is 0 Å². The maximum absolute atomic E-state index is 9.62. The van der Waals surface area contributed by atoms with Crippen LogP contribution >= 0.6 is 0 Å². The van der Waals surface area contributed by atoms with Gasteiger partial charge in [0.2, 0.25) is 6.23 Å². The standard InChI is InChI=1S/C2H7NO6S/c3-1(2(4,5)6)9-10(7)8/h1,4-6H,3H2,(H,7,8)/p-1. The molecule has 2 unspecified atom stereocenters. The Bertz CT molecular complexity index is 130. The maximum atomic E-state index is 9.62. The largest absolute Gasteiger partial charge is 0.750 e. The zero-order valence-electron chi connectivity index (χ0n) is 4.63. The van der Waals surface area contributed by atoms with Gasteiger partial charge >= 0.3 is 5.97 Å². The van der Waals surface area contributed by atoms with Gasteiger partial charge in [-0.15, -0.1) is 0 Å². The van der Waals surface area contributed by atoms with Gasteiger partial charge in [-0.25, -0.2) is 4.21 Å². The number of hydrogen-bond acceptors (Lipinski definition) is 7. The predicted molar refractivity (Wildman–Crippen MR) is 27.4 cm³/mol. The fourth-order valence-corrected chi connectivity index (χ4v) is 0.448. The zero-order valence-corrected chi connectivity index (χ0v) is 5.45. The molecule has 0 aromatic rings. The van der Waals surface area contributed by atoms with Crippen LogP contribution in [-0.2, 0) is 15.5 Å². The Labute approximate surface area is 58.5 Å². The van der Waals surface area contributed by atoms with Gasteiger partial charge in [-0.1, -0.05) is 0 Å². The van der Waals surface area contributed by atoms with Crippen molar-refractivity contribution in [2.24, 2.45) is 5.73 Å². The van der Waals surface area contributed by atoms with Crippen molar-refractivity contribution in [3.8, 4) is 0 Å². The molecule has 0 saturated carbocycles. The molecule has 0 aliphatic carbocycles. The fraction of sp³-hybridized carbons (Fsp3) is 1.00. The Morgan fingerprint density at radius 1 is 1.60 bits per heavy atom. The average molecular weight is 172 g/mol. The fourth-order valence-electron chi connectivity index (χ4n) is 0.149. The van der Waals surface area contributed by atoms with Gasteiger partial charge in [-0.05, 0) is 0 Å². The van der Waals surface area contributed by atoms with Gasteiger partial charge < -0.3 is 19.9 Å². The SMILES string of the molecule is NC(OS(=O)[O-])C(O)(O)O. The molecule has 0 saturated heterocycles. The number of aliphatic hydroxyl groups is 3. The molecule has 8 heteroatoms. The first kappa shape index (κ1) is 9.91. The van der Waals surface area contributed by atoms with E-state index in [9.17, 15) is 8.76 Å². The van der Waals surface area contributed by atoms with Crippen LogP contribution < -0.4 is 5.73 Å². The van der Waals surface area contributed by atoms with Crippen molar-refractivity contribution in [2.45, 2.75) is 12.2 Å². The molecule has 0 bridgehead atoms. The number of rotatable bonds is 3. The van der Waals surface area contributed by atoms with E-state index < -0.39 is 23.6 Å². The van der Waals surface area contributed by atoms with Gasteiger partial charge in [0.1, 0.15) is 0 Å². The molecular weight excluding hydrogens is 166 g/mol. The Kier molecular flexibility index (Phi) is 3.31.